The Morgan fingerprint density at radius 2 is 1.90 bits per heavy atom. The lowest BCUT2D eigenvalue weighted by atomic mass is 10.3. The van der Waals surface area contributed by atoms with Gasteiger partial charge in [-0.15, -0.1) is 0 Å². The smallest absolute Gasteiger partial charge is 0.169 e. The molecule has 21 heavy (non-hydrogen) atoms. The first-order valence-electron chi connectivity index (χ1n) is 7.27. The van der Waals surface area contributed by atoms with Gasteiger partial charge in [0.25, 0.3) is 0 Å². The largest absolute Gasteiger partial charge is 0.490 e. The van der Waals surface area contributed by atoms with E-state index in [1.807, 2.05) is 43.3 Å². The Kier molecular flexibility index (Phi) is 5.58. The van der Waals surface area contributed by atoms with Crippen molar-refractivity contribution in [3.8, 4) is 17.2 Å². The van der Waals surface area contributed by atoms with E-state index >= 15 is 0 Å². The van der Waals surface area contributed by atoms with E-state index in [2.05, 4.69) is 24.1 Å². The first-order chi connectivity index (χ1) is 10.2. The molecule has 0 aliphatic heterocycles. The average Bonchev–Trinajstić information content (AvgIpc) is 2.48. The van der Waals surface area contributed by atoms with E-state index in [0.29, 0.717) is 18.4 Å². The van der Waals surface area contributed by atoms with Crippen LogP contribution in [0.2, 0.25) is 0 Å². The fourth-order valence-electron chi connectivity index (χ4n) is 1.86. The lowest BCUT2D eigenvalue weighted by Crippen LogP contribution is -2.22. The van der Waals surface area contributed by atoms with Gasteiger partial charge < -0.3 is 14.8 Å². The second kappa shape index (κ2) is 7.64. The summed E-state index contributed by atoms with van der Waals surface area (Å²) in [4.78, 5) is 4.34. The number of para-hydroxylation sites is 2. The van der Waals surface area contributed by atoms with Gasteiger partial charge in [0.2, 0.25) is 0 Å². The Hall–Kier alpha value is -2.07. The third-order valence-electron chi connectivity index (χ3n) is 2.86. The molecule has 2 rings (SSSR count). The predicted molar refractivity (Wildman–Crippen MR) is 83.9 cm³/mol. The van der Waals surface area contributed by atoms with Crippen LogP contribution in [0.3, 0.4) is 0 Å². The van der Waals surface area contributed by atoms with Gasteiger partial charge >= 0.3 is 0 Å². The minimum absolute atomic E-state index is 0.426. The van der Waals surface area contributed by atoms with Gasteiger partial charge in [-0.2, -0.15) is 0 Å². The summed E-state index contributed by atoms with van der Waals surface area (Å²) in [7, 11) is 0. The Bertz CT molecular complexity index is 570. The fraction of sp³-hybridized carbons (Fsp3) is 0.353. The van der Waals surface area contributed by atoms with Crippen LogP contribution in [0.15, 0.2) is 42.6 Å². The van der Waals surface area contributed by atoms with E-state index in [4.69, 9.17) is 9.47 Å². The van der Waals surface area contributed by atoms with Gasteiger partial charge in [-0.3, -0.25) is 4.98 Å². The van der Waals surface area contributed by atoms with Crippen molar-refractivity contribution in [2.45, 2.75) is 33.4 Å². The van der Waals surface area contributed by atoms with Crippen LogP contribution in [-0.4, -0.2) is 17.6 Å². The summed E-state index contributed by atoms with van der Waals surface area (Å²) in [5.41, 5.74) is 0.954. The molecule has 0 saturated heterocycles. The molecule has 112 valence electrons. The van der Waals surface area contributed by atoms with E-state index < -0.39 is 0 Å². The lowest BCUT2D eigenvalue weighted by Gasteiger charge is -2.12. The maximum absolute atomic E-state index is 5.92. The van der Waals surface area contributed by atoms with Crippen LogP contribution in [0.4, 0.5) is 0 Å². The molecule has 2 aromatic rings. The van der Waals surface area contributed by atoms with Crippen LogP contribution >= 0.6 is 0 Å². The van der Waals surface area contributed by atoms with Crippen molar-refractivity contribution >= 4 is 0 Å². The second-order valence-corrected chi connectivity index (χ2v) is 5.00. The standard InChI is InChI=1S/C17H22N2O2/c1-4-20-16-7-5-6-8-17(16)21-15-9-10-18-14(11-15)12-19-13(2)3/h5-11,13,19H,4,12H2,1-3H3. The molecule has 0 aliphatic rings. The van der Waals surface area contributed by atoms with E-state index in [0.717, 1.165) is 23.7 Å². The molecule has 0 spiro atoms. The van der Waals surface area contributed by atoms with Crippen molar-refractivity contribution in [3.63, 3.8) is 0 Å². The number of pyridine rings is 1. The molecule has 1 heterocycles. The summed E-state index contributed by atoms with van der Waals surface area (Å²) < 4.78 is 11.5. The van der Waals surface area contributed by atoms with Crippen molar-refractivity contribution in [3.05, 3.63) is 48.3 Å². The van der Waals surface area contributed by atoms with Crippen LogP contribution in [0, 0.1) is 0 Å². The molecular formula is C17H22N2O2. The van der Waals surface area contributed by atoms with Gasteiger partial charge in [-0.05, 0) is 25.1 Å². The highest BCUT2D eigenvalue weighted by atomic mass is 16.5. The number of benzene rings is 1. The van der Waals surface area contributed by atoms with Crippen LogP contribution in [0.5, 0.6) is 17.2 Å². The zero-order valence-corrected chi connectivity index (χ0v) is 12.8. The van der Waals surface area contributed by atoms with Gasteiger partial charge in [0.15, 0.2) is 11.5 Å². The van der Waals surface area contributed by atoms with Crippen molar-refractivity contribution < 1.29 is 9.47 Å². The van der Waals surface area contributed by atoms with Crippen molar-refractivity contribution in [2.75, 3.05) is 6.61 Å². The number of hydrogen-bond donors (Lipinski definition) is 1. The molecule has 4 nitrogen and oxygen atoms in total. The van der Waals surface area contributed by atoms with Crippen LogP contribution in [0.25, 0.3) is 0 Å². The summed E-state index contributed by atoms with van der Waals surface area (Å²) >= 11 is 0. The molecular weight excluding hydrogens is 264 g/mol. The highest BCUT2D eigenvalue weighted by molar-refractivity contribution is 5.42. The highest BCUT2D eigenvalue weighted by Gasteiger charge is 2.06. The fourth-order valence-corrected chi connectivity index (χ4v) is 1.86. The summed E-state index contributed by atoms with van der Waals surface area (Å²) in [5, 5.41) is 3.34. The van der Waals surface area contributed by atoms with E-state index in [-0.39, 0.29) is 0 Å². The summed E-state index contributed by atoms with van der Waals surface area (Å²) in [6, 6.07) is 11.9. The Morgan fingerprint density at radius 3 is 2.62 bits per heavy atom. The molecule has 0 fully saturated rings. The van der Waals surface area contributed by atoms with E-state index in [9.17, 15) is 0 Å². The molecule has 0 aliphatic carbocycles. The SMILES string of the molecule is CCOc1ccccc1Oc1ccnc(CNC(C)C)c1. The minimum atomic E-state index is 0.426. The van der Waals surface area contributed by atoms with Crippen molar-refractivity contribution in [1.29, 1.82) is 0 Å². The van der Waals surface area contributed by atoms with Gasteiger partial charge in [0.05, 0.1) is 12.3 Å². The van der Waals surface area contributed by atoms with E-state index in [1.54, 1.807) is 6.20 Å². The molecule has 0 bridgehead atoms. The molecule has 0 unspecified atom stereocenters. The molecule has 4 heteroatoms. The van der Waals surface area contributed by atoms with Gasteiger partial charge in [-0.1, -0.05) is 26.0 Å². The summed E-state index contributed by atoms with van der Waals surface area (Å²) in [6.07, 6.45) is 1.76. The number of nitrogens with one attached hydrogen (secondary N) is 1. The minimum Gasteiger partial charge on any atom is -0.490 e. The Morgan fingerprint density at radius 1 is 1.14 bits per heavy atom. The van der Waals surface area contributed by atoms with Crippen molar-refractivity contribution in [1.82, 2.24) is 10.3 Å². The lowest BCUT2D eigenvalue weighted by molar-refractivity contribution is 0.321. The van der Waals surface area contributed by atoms with E-state index in [1.165, 1.54) is 0 Å². The molecule has 0 atom stereocenters. The normalized spacial score (nSPS) is 10.7. The summed E-state index contributed by atoms with van der Waals surface area (Å²) in [5.74, 6) is 2.23. The van der Waals surface area contributed by atoms with Crippen LogP contribution in [0.1, 0.15) is 26.5 Å². The van der Waals surface area contributed by atoms with Crippen LogP contribution in [-0.2, 0) is 6.54 Å². The second-order valence-electron chi connectivity index (χ2n) is 5.00. The number of ether oxygens (including phenoxy) is 2. The Labute approximate surface area is 126 Å². The highest BCUT2D eigenvalue weighted by Crippen LogP contribution is 2.31. The third-order valence-corrected chi connectivity index (χ3v) is 2.86. The maximum atomic E-state index is 5.92. The Balaban J connectivity index is 2.11. The third kappa shape index (κ3) is 4.76. The van der Waals surface area contributed by atoms with Gasteiger partial charge in [0.1, 0.15) is 5.75 Å². The molecule has 0 radical (unpaired) electrons. The first kappa shape index (κ1) is 15.3. The molecule has 1 N–H and O–H groups in total. The van der Waals surface area contributed by atoms with Crippen LogP contribution < -0.4 is 14.8 Å². The molecule has 1 aromatic heterocycles. The number of aromatic nitrogens is 1. The number of hydrogen-bond acceptors (Lipinski definition) is 4. The molecule has 0 amide bonds. The summed E-state index contributed by atoms with van der Waals surface area (Å²) in [6.45, 7) is 7.51. The zero-order chi connectivity index (χ0) is 15.1. The topological polar surface area (TPSA) is 43.4 Å². The van der Waals surface area contributed by atoms with Gasteiger partial charge in [0, 0.05) is 24.8 Å². The quantitative estimate of drug-likeness (QED) is 0.841. The maximum Gasteiger partial charge on any atom is 0.169 e. The monoisotopic (exact) mass is 286 g/mol. The molecule has 1 aromatic carbocycles. The van der Waals surface area contributed by atoms with Crippen molar-refractivity contribution in [2.24, 2.45) is 0 Å². The molecule has 0 saturated carbocycles. The predicted octanol–water partition coefficient (Wildman–Crippen LogP) is 3.77. The van der Waals surface area contributed by atoms with Gasteiger partial charge in [-0.25, -0.2) is 0 Å². The average molecular weight is 286 g/mol. The zero-order valence-electron chi connectivity index (χ0n) is 12.8. The first-order valence-corrected chi connectivity index (χ1v) is 7.27. The number of nitrogens with zero attached hydrogens (tertiary/aromatic N) is 1. The number of rotatable bonds is 7.